The number of nitrogens with one attached hydrogen (secondary N) is 1. The van der Waals surface area contributed by atoms with Crippen molar-refractivity contribution < 1.29 is 4.74 Å². The lowest BCUT2D eigenvalue weighted by atomic mass is 9.98. The van der Waals surface area contributed by atoms with Gasteiger partial charge in [-0.2, -0.15) is 0 Å². The summed E-state index contributed by atoms with van der Waals surface area (Å²) < 4.78 is 7.98. The summed E-state index contributed by atoms with van der Waals surface area (Å²) in [5.41, 5.74) is 1.32. The van der Waals surface area contributed by atoms with Crippen molar-refractivity contribution in [2.75, 3.05) is 26.3 Å². The summed E-state index contributed by atoms with van der Waals surface area (Å²) in [7, 11) is 0. The van der Waals surface area contributed by atoms with E-state index in [2.05, 4.69) is 16.8 Å². The van der Waals surface area contributed by atoms with Crippen molar-refractivity contribution in [2.24, 2.45) is 0 Å². The van der Waals surface area contributed by atoms with Crippen molar-refractivity contribution in [1.82, 2.24) is 14.9 Å². The molecular weight excluding hydrogens is 226 g/mol. The molecule has 2 aliphatic rings. The van der Waals surface area contributed by atoms with E-state index in [-0.39, 0.29) is 0 Å². The molecule has 3 rings (SSSR count). The Morgan fingerprint density at radius 3 is 2.67 bits per heavy atom. The zero-order valence-electron chi connectivity index (χ0n) is 11.2. The van der Waals surface area contributed by atoms with Gasteiger partial charge in [-0.15, -0.1) is 0 Å². The Morgan fingerprint density at radius 2 is 1.94 bits per heavy atom. The van der Waals surface area contributed by atoms with Gasteiger partial charge in [0.2, 0.25) is 0 Å². The van der Waals surface area contributed by atoms with Gasteiger partial charge in [0.05, 0.1) is 0 Å². The lowest BCUT2D eigenvalue weighted by Gasteiger charge is -2.30. The molecule has 1 N–H and O–H groups in total. The van der Waals surface area contributed by atoms with Gasteiger partial charge >= 0.3 is 0 Å². The van der Waals surface area contributed by atoms with Crippen LogP contribution < -0.4 is 5.32 Å². The standard InChI is InChI=1S/C14H23N3O/c1-11-10-16-14(12-4-8-18-9-5-12)17(11)13-2-6-15-7-3-13/h10,12-13,15H,2-9H2,1H3. The molecule has 0 unspecified atom stereocenters. The first-order valence-corrected chi connectivity index (χ1v) is 7.18. The summed E-state index contributed by atoms with van der Waals surface area (Å²) in [6.07, 6.45) is 6.76. The number of aryl methyl sites for hydroxylation is 1. The Labute approximate surface area is 109 Å². The van der Waals surface area contributed by atoms with Gasteiger partial charge in [-0.25, -0.2) is 4.98 Å². The average Bonchev–Trinajstić information content (AvgIpc) is 2.83. The number of hydrogen-bond donors (Lipinski definition) is 1. The number of piperidine rings is 1. The van der Waals surface area contributed by atoms with E-state index in [4.69, 9.17) is 9.72 Å². The van der Waals surface area contributed by atoms with E-state index in [1.54, 1.807) is 0 Å². The van der Waals surface area contributed by atoms with Crippen LogP contribution in [-0.2, 0) is 4.74 Å². The van der Waals surface area contributed by atoms with Crippen LogP contribution in [0.4, 0.5) is 0 Å². The first-order chi connectivity index (χ1) is 8.86. The fourth-order valence-electron chi connectivity index (χ4n) is 3.26. The zero-order chi connectivity index (χ0) is 12.4. The molecule has 0 amide bonds. The van der Waals surface area contributed by atoms with Crippen LogP contribution in [0.2, 0.25) is 0 Å². The van der Waals surface area contributed by atoms with Crippen LogP contribution in [0.25, 0.3) is 0 Å². The molecule has 4 heteroatoms. The third kappa shape index (κ3) is 2.31. The van der Waals surface area contributed by atoms with Crippen molar-refractivity contribution >= 4 is 0 Å². The Balaban J connectivity index is 1.85. The number of ether oxygens (including phenoxy) is 1. The van der Waals surface area contributed by atoms with Crippen LogP contribution >= 0.6 is 0 Å². The lowest BCUT2D eigenvalue weighted by Crippen LogP contribution is -2.31. The highest BCUT2D eigenvalue weighted by molar-refractivity contribution is 5.11. The van der Waals surface area contributed by atoms with Crippen molar-refractivity contribution in [3.05, 3.63) is 17.7 Å². The molecule has 0 aromatic carbocycles. The van der Waals surface area contributed by atoms with E-state index in [0.717, 1.165) is 39.1 Å². The molecule has 2 fully saturated rings. The highest BCUT2D eigenvalue weighted by Crippen LogP contribution is 2.31. The zero-order valence-corrected chi connectivity index (χ0v) is 11.2. The Bertz CT molecular complexity index is 390. The lowest BCUT2D eigenvalue weighted by molar-refractivity contribution is 0.0821. The smallest absolute Gasteiger partial charge is 0.112 e. The number of hydrogen-bond acceptors (Lipinski definition) is 3. The van der Waals surface area contributed by atoms with Crippen LogP contribution in [0.15, 0.2) is 6.20 Å². The van der Waals surface area contributed by atoms with Crippen LogP contribution in [0.3, 0.4) is 0 Å². The molecular formula is C14H23N3O. The molecule has 4 nitrogen and oxygen atoms in total. The van der Waals surface area contributed by atoms with Crippen LogP contribution in [0.5, 0.6) is 0 Å². The van der Waals surface area contributed by atoms with E-state index in [9.17, 15) is 0 Å². The predicted octanol–water partition coefficient (Wildman–Crippen LogP) is 2.01. The molecule has 2 aliphatic heterocycles. The van der Waals surface area contributed by atoms with E-state index in [0.29, 0.717) is 12.0 Å². The van der Waals surface area contributed by atoms with Crippen LogP contribution in [0.1, 0.15) is 49.2 Å². The molecule has 1 aromatic heterocycles. The minimum absolute atomic E-state index is 0.599. The summed E-state index contributed by atoms with van der Waals surface area (Å²) in [6, 6.07) is 0.645. The van der Waals surface area contributed by atoms with Gasteiger partial charge < -0.3 is 14.6 Å². The summed E-state index contributed by atoms with van der Waals surface area (Å²) in [6.45, 7) is 6.24. The largest absolute Gasteiger partial charge is 0.381 e. The normalized spacial score (nSPS) is 23.4. The van der Waals surface area contributed by atoms with Crippen molar-refractivity contribution in [2.45, 2.75) is 44.6 Å². The summed E-state index contributed by atoms with van der Waals surface area (Å²) in [5, 5.41) is 3.44. The maximum Gasteiger partial charge on any atom is 0.112 e. The summed E-state index contributed by atoms with van der Waals surface area (Å²) in [5.74, 6) is 1.91. The molecule has 0 radical (unpaired) electrons. The molecule has 2 saturated heterocycles. The van der Waals surface area contributed by atoms with Crippen molar-refractivity contribution in [3.8, 4) is 0 Å². The minimum Gasteiger partial charge on any atom is -0.381 e. The Kier molecular flexibility index (Phi) is 3.66. The molecule has 0 atom stereocenters. The first kappa shape index (κ1) is 12.2. The predicted molar refractivity (Wildman–Crippen MR) is 70.9 cm³/mol. The number of rotatable bonds is 2. The maximum atomic E-state index is 5.47. The molecule has 18 heavy (non-hydrogen) atoms. The molecule has 0 spiro atoms. The van der Waals surface area contributed by atoms with E-state index in [1.807, 2.05) is 6.20 Å². The molecule has 100 valence electrons. The molecule has 3 heterocycles. The summed E-state index contributed by atoms with van der Waals surface area (Å²) in [4.78, 5) is 4.70. The highest BCUT2D eigenvalue weighted by Gasteiger charge is 2.25. The average molecular weight is 249 g/mol. The van der Waals surface area contributed by atoms with Gasteiger partial charge in [-0.05, 0) is 45.7 Å². The van der Waals surface area contributed by atoms with E-state index < -0.39 is 0 Å². The highest BCUT2D eigenvalue weighted by atomic mass is 16.5. The van der Waals surface area contributed by atoms with E-state index in [1.165, 1.54) is 24.4 Å². The monoisotopic (exact) mass is 249 g/mol. The second-order valence-corrected chi connectivity index (χ2v) is 5.50. The van der Waals surface area contributed by atoms with Crippen LogP contribution in [0, 0.1) is 6.92 Å². The van der Waals surface area contributed by atoms with Gasteiger partial charge in [0.15, 0.2) is 0 Å². The van der Waals surface area contributed by atoms with Gasteiger partial charge in [0, 0.05) is 37.1 Å². The topological polar surface area (TPSA) is 39.1 Å². The van der Waals surface area contributed by atoms with E-state index >= 15 is 0 Å². The van der Waals surface area contributed by atoms with Crippen molar-refractivity contribution in [1.29, 1.82) is 0 Å². The molecule has 0 aliphatic carbocycles. The van der Waals surface area contributed by atoms with Gasteiger partial charge in [0.1, 0.15) is 5.82 Å². The Morgan fingerprint density at radius 1 is 1.22 bits per heavy atom. The fraction of sp³-hybridized carbons (Fsp3) is 0.786. The summed E-state index contributed by atoms with van der Waals surface area (Å²) >= 11 is 0. The van der Waals surface area contributed by atoms with Crippen LogP contribution in [-0.4, -0.2) is 35.9 Å². The van der Waals surface area contributed by atoms with Crippen molar-refractivity contribution in [3.63, 3.8) is 0 Å². The maximum absolute atomic E-state index is 5.47. The van der Waals surface area contributed by atoms with Gasteiger partial charge in [-0.1, -0.05) is 0 Å². The Hall–Kier alpha value is -0.870. The van der Waals surface area contributed by atoms with Gasteiger partial charge in [-0.3, -0.25) is 0 Å². The molecule has 0 bridgehead atoms. The number of imidazole rings is 1. The second kappa shape index (κ2) is 5.41. The SMILES string of the molecule is Cc1cnc(C2CCOCC2)n1C1CCNCC1. The third-order valence-corrected chi connectivity index (χ3v) is 4.27. The quantitative estimate of drug-likeness (QED) is 0.871. The van der Waals surface area contributed by atoms with Gasteiger partial charge in [0.25, 0.3) is 0 Å². The minimum atomic E-state index is 0.599. The number of nitrogens with zero attached hydrogens (tertiary/aromatic N) is 2. The molecule has 0 saturated carbocycles. The number of aromatic nitrogens is 2. The second-order valence-electron chi connectivity index (χ2n) is 5.50. The fourth-order valence-corrected chi connectivity index (χ4v) is 3.26. The first-order valence-electron chi connectivity index (χ1n) is 7.18. The molecule has 1 aromatic rings. The third-order valence-electron chi connectivity index (χ3n) is 4.27.